The smallest absolute Gasteiger partial charge is 0.251 e. The molecule has 24 heavy (non-hydrogen) atoms. The Morgan fingerprint density at radius 2 is 2.00 bits per heavy atom. The fourth-order valence-corrected chi connectivity index (χ4v) is 3.92. The second kappa shape index (κ2) is 6.79. The normalized spacial score (nSPS) is 25.1. The summed E-state index contributed by atoms with van der Waals surface area (Å²) >= 11 is 0. The van der Waals surface area contributed by atoms with Gasteiger partial charge in [0.05, 0.1) is 30.2 Å². The fourth-order valence-electron chi connectivity index (χ4n) is 3.38. The van der Waals surface area contributed by atoms with Crippen molar-refractivity contribution in [1.82, 2.24) is 10.2 Å². The van der Waals surface area contributed by atoms with Crippen molar-refractivity contribution in [2.24, 2.45) is 5.14 Å². The van der Waals surface area contributed by atoms with Crippen molar-refractivity contribution in [1.29, 1.82) is 0 Å². The highest BCUT2D eigenvalue weighted by molar-refractivity contribution is 7.89. The van der Waals surface area contributed by atoms with Gasteiger partial charge in [0.1, 0.15) is 0 Å². The number of benzene rings is 1. The van der Waals surface area contributed by atoms with Crippen molar-refractivity contribution in [2.75, 3.05) is 26.3 Å². The van der Waals surface area contributed by atoms with E-state index in [1.165, 1.54) is 25.0 Å². The van der Waals surface area contributed by atoms with Gasteiger partial charge in [-0.05, 0) is 50.6 Å². The van der Waals surface area contributed by atoms with Crippen molar-refractivity contribution in [3.05, 3.63) is 29.3 Å². The molecule has 0 saturated carbocycles. The van der Waals surface area contributed by atoms with Crippen LogP contribution in [0.2, 0.25) is 0 Å². The molecule has 2 aliphatic rings. The molecule has 2 fully saturated rings. The van der Waals surface area contributed by atoms with Crippen LogP contribution in [0.15, 0.2) is 23.1 Å². The van der Waals surface area contributed by atoms with Gasteiger partial charge < -0.3 is 10.1 Å². The van der Waals surface area contributed by atoms with E-state index in [1.807, 2.05) is 0 Å². The highest BCUT2D eigenvalue weighted by Gasteiger charge is 2.35. The molecule has 2 atom stereocenters. The molecule has 2 aliphatic heterocycles. The lowest BCUT2D eigenvalue weighted by Crippen LogP contribution is -2.50. The van der Waals surface area contributed by atoms with Gasteiger partial charge in [-0.25, -0.2) is 13.6 Å². The molecule has 0 spiro atoms. The van der Waals surface area contributed by atoms with Crippen molar-refractivity contribution >= 4 is 15.9 Å². The van der Waals surface area contributed by atoms with Crippen LogP contribution in [0.1, 0.15) is 28.8 Å². The maximum absolute atomic E-state index is 12.6. The topological polar surface area (TPSA) is 102 Å². The van der Waals surface area contributed by atoms with Gasteiger partial charge in [0.25, 0.3) is 5.91 Å². The van der Waals surface area contributed by atoms with E-state index in [4.69, 9.17) is 9.88 Å². The Bertz CT molecular complexity index is 729. The first-order valence-corrected chi connectivity index (χ1v) is 9.67. The average Bonchev–Trinajstić information content (AvgIpc) is 3.16. The van der Waals surface area contributed by atoms with Gasteiger partial charge in [-0.1, -0.05) is 6.07 Å². The number of carbonyl (C=O) groups excluding carboxylic acids is 1. The summed E-state index contributed by atoms with van der Waals surface area (Å²) in [5, 5.41) is 8.16. The Morgan fingerprint density at radius 1 is 1.29 bits per heavy atom. The standard InChI is InChI=1S/C16H23N3O4S/c1-11-4-5-12(24(17,21)22)8-13(11)16(20)18-14-9-23-10-15(14)19-6-2-3-7-19/h4-5,8,14-15H,2-3,6-7,9-10H2,1H3,(H,18,20)(H2,17,21,22)/t14-,15-/m0/s1. The highest BCUT2D eigenvalue weighted by atomic mass is 32.2. The lowest BCUT2D eigenvalue weighted by atomic mass is 10.1. The number of amides is 1. The van der Waals surface area contributed by atoms with Crippen LogP contribution in [0.3, 0.4) is 0 Å². The van der Waals surface area contributed by atoms with Gasteiger partial charge in [0, 0.05) is 5.56 Å². The van der Waals surface area contributed by atoms with Crippen LogP contribution in [0.25, 0.3) is 0 Å². The lowest BCUT2D eigenvalue weighted by Gasteiger charge is -2.28. The van der Waals surface area contributed by atoms with E-state index in [2.05, 4.69) is 10.2 Å². The molecule has 0 radical (unpaired) electrons. The zero-order valence-corrected chi connectivity index (χ0v) is 14.5. The number of likely N-dealkylation sites (tertiary alicyclic amines) is 1. The Hall–Kier alpha value is -1.48. The summed E-state index contributed by atoms with van der Waals surface area (Å²) in [6.45, 7) is 4.91. The lowest BCUT2D eigenvalue weighted by molar-refractivity contribution is 0.0916. The van der Waals surface area contributed by atoms with Crippen molar-refractivity contribution in [3.8, 4) is 0 Å². The second-order valence-electron chi connectivity index (χ2n) is 6.45. The molecular formula is C16H23N3O4S. The van der Waals surface area contributed by atoms with Gasteiger partial charge in [0.15, 0.2) is 0 Å². The Morgan fingerprint density at radius 3 is 2.67 bits per heavy atom. The summed E-state index contributed by atoms with van der Waals surface area (Å²) in [5.74, 6) is -0.294. The van der Waals surface area contributed by atoms with Crippen LogP contribution in [0.5, 0.6) is 0 Å². The molecule has 3 N–H and O–H groups in total. The monoisotopic (exact) mass is 353 g/mol. The van der Waals surface area contributed by atoms with Gasteiger partial charge in [0.2, 0.25) is 10.0 Å². The van der Waals surface area contributed by atoms with Crippen LogP contribution in [-0.2, 0) is 14.8 Å². The van der Waals surface area contributed by atoms with E-state index < -0.39 is 10.0 Å². The molecule has 7 nitrogen and oxygen atoms in total. The zero-order chi connectivity index (χ0) is 17.3. The molecule has 1 amide bonds. The summed E-state index contributed by atoms with van der Waals surface area (Å²) in [5.41, 5.74) is 1.03. The van der Waals surface area contributed by atoms with Crippen LogP contribution in [0, 0.1) is 6.92 Å². The number of rotatable bonds is 4. The fraction of sp³-hybridized carbons (Fsp3) is 0.562. The molecule has 2 heterocycles. The first kappa shape index (κ1) is 17.3. The van der Waals surface area contributed by atoms with Gasteiger partial charge >= 0.3 is 0 Å². The molecule has 3 rings (SSSR count). The molecule has 0 aromatic heterocycles. The molecule has 0 bridgehead atoms. The molecule has 0 aliphatic carbocycles. The predicted octanol–water partition coefficient (Wildman–Crippen LogP) is 0.235. The minimum atomic E-state index is -3.84. The SMILES string of the molecule is Cc1ccc(S(N)(=O)=O)cc1C(=O)N[C@H]1COC[C@@H]1N1CCCC1. The molecule has 1 aromatic carbocycles. The van der Waals surface area contributed by atoms with Crippen molar-refractivity contribution in [2.45, 2.75) is 36.7 Å². The van der Waals surface area contributed by atoms with Gasteiger partial charge in [-0.15, -0.1) is 0 Å². The molecule has 1 aromatic rings. The maximum atomic E-state index is 12.6. The Balaban J connectivity index is 1.77. The Kier molecular flexibility index (Phi) is 4.91. The summed E-state index contributed by atoms with van der Waals surface area (Å²) < 4.78 is 28.6. The van der Waals surface area contributed by atoms with E-state index in [0.717, 1.165) is 13.1 Å². The number of carbonyl (C=O) groups is 1. The number of hydrogen-bond acceptors (Lipinski definition) is 5. The number of sulfonamides is 1. The van der Waals surface area contributed by atoms with Crippen LogP contribution >= 0.6 is 0 Å². The van der Waals surface area contributed by atoms with E-state index >= 15 is 0 Å². The van der Waals surface area contributed by atoms with Crippen molar-refractivity contribution in [3.63, 3.8) is 0 Å². The van der Waals surface area contributed by atoms with Crippen molar-refractivity contribution < 1.29 is 17.9 Å². The zero-order valence-electron chi connectivity index (χ0n) is 13.7. The number of primary sulfonamides is 1. The van der Waals surface area contributed by atoms with Gasteiger partial charge in [-0.2, -0.15) is 0 Å². The van der Waals surface area contributed by atoms with E-state index in [9.17, 15) is 13.2 Å². The number of nitrogens with one attached hydrogen (secondary N) is 1. The molecule has 0 unspecified atom stereocenters. The van der Waals surface area contributed by atoms with Crippen LogP contribution in [-0.4, -0.2) is 57.6 Å². The summed E-state index contributed by atoms with van der Waals surface area (Å²) in [7, 11) is -3.84. The summed E-state index contributed by atoms with van der Waals surface area (Å²) in [6, 6.07) is 4.43. The third kappa shape index (κ3) is 3.61. The Labute approximate surface area is 142 Å². The third-order valence-corrected chi connectivity index (χ3v) is 5.67. The second-order valence-corrected chi connectivity index (χ2v) is 8.01. The summed E-state index contributed by atoms with van der Waals surface area (Å²) in [4.78, 5) is 14.9. The van der Waals surface area contributed by atoms with E-state index in [0.29, 0.717) is 24.3 Å². The number of ether oxygens (including phenoxy) is 1. The number of nitrogens with zero attached hydrogens (tertiary/aromatic N) is 1. The quantitative estimate of drug-likeness (QED) is 0.807. The number of aryl methyl sites for hydroxylation is 1. The predicted molar refractivity (Wildman–Crippen MR) is 89.2 cm³/mol. The van der Waals surface area contributed by atoms with Crippen LogP contribution < -0.4 is 10.5 Å². The van der Waals surface area contributed by atoms with Gasteiger partial charge in [-0.3, -0.25) is 9.69 Å². The molecule has 8 heteroatoms. The first-order valence-electron chi connectivity index (χ1n) is 8.12. The number of nitrogens with two attached hydrogens (primary N) is 1. The first-order chi connectivity index (χ1) is 11.4. The van der Waals surface area contributed by atoms with Crippen LogP contribution in [0.4, 0.5) is 0 Å². The largest absolute Gasteiger partial charge is 0.378 e. The van der Waals surface area contributed by atoms with E-state index in [-0.39, 0.29) is 22.9 Å². The van der Waals surface area contributed by atoms with E-state index in [1.54, 1.807) is 13.0 Å². The minimum absolute atomic E-state index is 0.0583. The number of hydrogen-bond donors (Lipinski definition) is 2. The molecular weight excluding hydrogens is 330 g/mol. The maximum Gasteiger partial charge on any atom is 0.251 e. The summed E-state index contributed by atoms with van der Waals surface area (Å²) in [6.07, 6.45) is 2.35. The minimum Gasteiger partial charge on any atom is -0.378 e. The highest BCUT2D eigenvalue weighted by Crippen LogP contribution is 2.20. The average molecular weight is 353 g/mol. The third-order valence-electron chi connectivity index (χ3n) is 4.76. The molecule has 132 valence electrons. The molecule has 2 saturated heterocycles.